The van der Waals surface area contributed by atoms with Crippen LogP contribution < -0.4 is 0 Å². The smallest absolute Gasteiger partial charge is 0.195 e. The van der Waals surface area contributed by atoms with E-state index in [2.05, 4.69) is 39.2 Å². The predicted molar refractivity (Wildman–Crippen MR) is 64.8 cm³/mol. The van der Waals surface area contributed by atoms with E-state index in [1.807, 2.05) is 0 Å². The number of H-pyrrole nitrogens is 1. The molecule has 2 aromatic heterocycles. The van der Waals surface area contributed by atoms with Gasteiger partial charge in [-0.3, -0.25) is 5.10 Å². The van der Waals surface area contributed by atoms with Gasteiger partial charge in [-0.25, -0.2) is 0 Å². The van der Waals surface area contributed by atoms with Crippen molar-refractivity contribution < 1.29 is 0 Å². The van der Waals surface area contributed by atoms with Crippen LogP contribution in [0.25, 0.3) is 0 Å². The van der Waals surface area contributed by atoms with E-state index in [0.29, 0.717) is 0 Å². The Morgan fingerprint density at radius 1 is 1.60 bits per heavy atom. The summed E-state index contributed by atoms with van der Waals surface area (Å²) in [4.78, 5) is 1.32. The maximum Gasteiger partial charge on any atom is 0.195 e. The summed E-state index contributed by atoms with van der Waals surface area (Å²) in [5.41, 5.74) is 0. The van der Waals surface area contributed by atoms with Crippen LogP contribution in [0.1, 0.15) is 24.0 Å². The van der Waals surface area contributed by atoms with Crippen LogP contribution in [-0.2, 0) is 13.0 Å². The van der Waals surface area contributed by atoms with E-state index in [1.165, 1.54) is 4.88 Å². The molecule has 2 aromatic rings. The van der Waals surface area contributed by atoms with E-state index < -0.39 is 0 Å². The monoisotopic (exact) mass is 239 g/mol. The molecule has 0 aliphatic carbocycles. The van der Waals surface area contributed by atoms with E-state index in [4.69, 9.17) is 12.2 Å². The molecule has 0 radical (unpaired) electrons. The highest BCUT2D eigenvalue weighted by molar-refractivity contribution is 7.71. The highest BCUT2D eigenvalue weighted by atomic mass is 32.1. The molecule has 15 heavy (non-hydrogen) atoms. The Hall–Kier alpha value is -0.940. The largest absolute Gasteiger partial charge is 0.304 e. The fourth-order valence-corrected chi connectivity index (χ4v) is 2.45. The van der Waals surface area contributed by atoms with Gasteiger partial charge in [-0.05, 0) is 30.1 Å². The molecule has 0 aliphatic rings. The first-order valence-corrected chi connectivity index (χ1v) is 6.26. The minimum absolute atomic E-state index is 0.725. The Balaban J connectivity index is 2.24. The summed E-state index contributed by atoms with van der Waals surface area (Å²) in [6.07, 6.45) is 1.94. The van der Waals surface area contributed by atoms with Gasteiger partial charge in [0.15, 0.2) is 4.77 Å². The summed E-state index contributed by atoms with van der Waals surface area (Å²) in [7, 11) is 0. The molecule has 0 saturated heterocycles. The molecule has 0 unspecified atom stereocenters. The van der Waals surface area contributed by atoms with Gasteiger partial charge in [-0.2, -0.15) is 5.10 Å². The molecule has 80 valence electrons. The van der Waals surface area contributed by atoms with Gasteiger partial charge < -0.3 is 4.57 Å². The lowest BCUT2D eigenvalue weighted by molar-refractivity contribution is 0.640. The molecule has 0 aliphatic heterocycles. The van der Waals surface area contributed by atoms with Crippen LogP contribution in [0.2, 0.25) is 0 Å². The Morgan fingerprint density at radius 3 is 3.13 bits per heavy atom. The van der Waals surface area contributed by atoms with Crippen molar-refractivity contribution in [3.8, 4) is 0 Å². The first kappa shape index (κ1) is 10.6. The second-order valence-corrected chi connectivity index (χ2v) is 4.77. The Morgan fingerprint density at radius 2 is 2.47 bits per heavy atom. The summed E-state index contributed by atoms with van der Waals surface area (Å²) < 4.78 is 2.80. The third kappa shape index (κ3) is 2.35. The molecular weight excluding hydrogens is 226 g/mol. The second kappa shape index (κ2) is 4.72. The molecule has 0 atom stereocenters. The quantitative estimate of drug-likeness (QED) is 0.832. The Labute approximate surface area is 97.8 Å². The highest BCUT2D eigenvalue weighted by Gasteiger charge is 2.06. The normalized spacial score (nSPS) is 10.7. The fraction of sp³-hybridized carbons (Fsp3) is 0.400. The number of aromatic nitrogens is 3. The van der Waals surface area contributed by atoms with E-state index in [1.54, 1.807) is 11.3 Å². The van der Waals surface area contributed by atoms with E-state index in [-0.39, 0.29) is 0 Å². The summed E-state index contributed by atoms with van der Waals surface area (Å²) in [5, 5.41) is 9.20. The molecular formula is C10H13N3S2. The zero-order valence-corrected chi connectivity index (χ0v) is 10.2. The first-order valence-electron chi connectivity index (χ1n) is 4.97. The van der Waals surface area contributed by atoms with Crippen molar-refractivity contribution in [1.82, 2.24) is 14.8 Å². The fourth-order valence-electron chi connectivity index (χ4n) is 1.51. The van der Waals surface area contributed by atoms with Crippen molar-refractivity contribution in [3.05, 3.63) is 33.0 Å². The third-order valence-corrected chi connectivity index (χ3v) is 3.39. The molecule has 0 amide bonds. The van der Waals surface area contributed by atoms with E-state index in [0.717, 1.165) is 30.0 Å². The summed E-state index contributed by atoms with van der Waals surface area (Å²) in [6, 6.07) is 4.18. The van der Waals surface area contributed by atoms with Gasteiger partial charge >= 0.3 is 0 Å². The van der Waals surface area contributed by atoms with Gasteiger partial charge in [0.25, 0.3) is 0 Å². The average Bonchev–Trinajstić information content (AvgIpc) is 2.83. The standard InChI is InChI=1S/C10H13N3S2/c1-2-5-13-9(11-12-10(13)14)7-8-4-3-6-15-8/h3-4,6H,2,5,7H2,1H3,(H,12,14). The van der Waals surface area contributed by atoms with Gasteiger partial charge in [-0.1, -0.05) is 13.0 Å². The lowest BCUT2D eigenvalue weighted by Crippen LogP contribution is -2.03. The van der Waals surface area contributed by atoms with Crippen molar-refractivity contribution in [2.75, 3.05) is 0 Å². The SMILES string of the molecule is CCCn1c(Cc2cccs2)n[nH]c1=S. The van der Waals surface area contributed by atoms with Crippen LogP contribution in [-0.4, -0.2) is 14.8 Å². The van der Waals surface area contributed by atoms with Gasteiger partial charge in [0.2, 0.25) is 0 Å². The molecule has 3 nitrogen and oxygen atoms in total. The van der Waals surface area contributed by atoms with Crippen LogP contribution in [0, 0.1) is 4.77 Å². The zero-order chi connectivity index (χ0) is 10.7. The number of hydrogen-bond acceptors (Lipinski definition) is 3. The van der Waals surface area contributed by atoms with Crippen molar-refractivity contribution >= 4 is 23.6 Å². The van der Waals surface area contributed by atoms with Gasteiger partial charge in [-0.15, -0.1) is 11.3 Å². The number of rotatable bonds is 4. The highest BCUT2D eigenvalue weighted by Crippen LogP contribution is 2.13. The molecule has 0 fully saturated rings. The van der Waals surface area contributed by atoms with Gasteiger partial charge in [0.1, 0.15) is 5.82 Å². The number of hydrogen-bond donors (Lipinski definition) is 1. The number of nitrogens with one attached hydrogen (secondary N) is 1. The Bertz CT molecular complexity index is 467. The van der Waals surface area contributed by atoms with Crippen LogP contribution in [0.3, 0.4) is 0 Å². The van der Waals surface area contributed by atoms with Crippen LogP contribution in [0.4, 0.5) is 0 Å². The predicted octanol–water partition coefficient (Wildman–Crippen LogP) is 3.00. The topological polar surface area (TPSA) is 33.6 Å². The molecule has 1 N–H and O–H groups in total. The molecule has 2 rings (SSSR count). The lowest BCUT2D eigenvalue weighted by Gasteiger charge is -2.03. The third-order valence-electron chi connectivity index (χ3n) is 2.20. The van der Waals surface area contributed by atoms with Gasteiger partial charge in [0.05, 0.1) is 0 Å². The van der Waals surface area contributed by atoms with Crippen LogP contribution >= 0.6 is 23.6 Å². The molecule has 5 heteroatoms. The van der Waals surface area contributed by atoms with Crippen molar-refractivity contribution in [2.24, 2.45) is 0 Å². The van der Waals surface area contributed by atoms with Crippen molar-refractivity contribution in [3.63, 3.8) is 0 Å². The number of aromatic amines is 1. The molecule has 0 bridgehead atoms. The lowest BCUT2D eigenvalue weighted by atomic mass is 10.3. The number of nitrogens with zero attached hydrogens (tertiary/aromatic N) is 2. The summed E-state index contributed by atoms with van der Waals surface area (Å²) >= 11 is 6.93. The van der Waals surface area contributed by atoms with Crippen molar-refractivity contribution in [1.29, 1.82) is 0 Å². The summed E-state index contributed by atoms with van der Waals surface area (Å²) in [6.45, 7) is 3.08. The van der Waals surface area contributed by atoms with Crippen LogP contribution in [0.15, 0.2) is 17.5 Å². The minimum atomic E-state index is 0.725. The van der Waals surface area contributed by atoms with E-state index in [9.17, 15) is 0 Å². The molecule has 0 saturated carbocycles. The maximum atomic E-state index is 5.18. The van der Waals surface area contributed by atoms with Crippen molar-refractivity contribution in [2.45, 2.75) is 26.3 Å². The molecule has 0 aromatic carbocycles. The van der Waals surface area contributed by atoms with E-state index >= 15 is 0 Å². The average molecular weight is 239 g/mol. The van der Waals surface area contributed by atoms with Crippen LogP contribution in [0.5, 0.6) is 0 Å². The molecule has 0 spiro atoms. The first-order chi connectivity index (χ1) is 7.31. The Kier molecular flexibility index (Phi) is 3.33. The number of thiophene rings is 1. The minimum Gasteiger partial charge on any atom is -0.304 e. The maximum absolute atomic E-state index is 5.18. The zero-order valence-electron chi connectivity index (χ0n) is 8.56. The summed E-state index contributed by atoms with van der Waals surface area (Å²) in [5.74, 6) is 1.03. The second-order valence-electron chi connectivity index (χ2n) is 3.35. The van der Waals surface area contributed by atoms with Gasteiger partial charge in [0, 0.05) is 17.8 Å². The molecule has 2 heterocycles.